The van der Waals surface area contributed by atoms with Crippen LogP contribution >= 0.6 is 0 Å². The van der Waals surface area contributed by atoms with Gasteiger partial charge in [0.15, 0.2) is 0 Å². The van der Waals surface area contributed by atoms with E-state index in [1.807, 2.05) is 20.8 Å². The van der Waals surface area contributed by atoms with Crippen molar-refractivity contribution in [1.29, 1.82) is 0 Å². The second kappa shape index (κ2) is 10.1. The fourth-order valence-corrected chi connectivity index (χ4v) is 5.19. The predicted octanol–water partition coefficient (Wildman–Crippen LogP) is 2.25. The van der Waals surface area contributed by atoms with Gasteiger partial charge in [0.2, 0.25) is 15.9 Å². The highest BCUT2D eigenvalue weighted by Crippen LogP contribution is 2.24. The maximum atomic E-state index is 12.5. The van der Waals surface area contributed by atoms with Gasteiger partial charge in [0.1, 0.15) is 11.4 Å². The van der Waals surface area contributed by atoms with Crippen LogP contribution in [0.4, 0.5) is 4.79 Å². The minimum atomic E-state index is -3.61. The topological polar surface area (TPSA) is 105 Å². The number of sulfonamides is 1. The number of ether oxygens (including phenoxy) is 1. The number of hydrogen-bond donors (Lipinski definition) is 2. The van der Waals surface area contributed by atoms with Gasteiger partial charge in [0.25, 0.3) is 0 Å². The van der Waals surface area contributed by atoms with Gasteiger partial charge in [-0.2, -0.15) is 0 Å². The largest absolute Gasteiger partial charge is 0.444 e. The molecule has 0 aromatic carbocycles. The number of carbonyl (C=O) groups excluding carboxylic acids is 2. The molecule has 168 valence electrons. The molecule has 1 saturated heterocycles. The minimum Gasteiger partial charge on any atom is -0.444 e. The Hall–Kier alpha value is -1.35. The molecule has 0 unspecified atom stereocenters. The fourth-order valence-electron chi connectivity index (χ4n) is 3.86. The molecule has 1 heterocycles. The second-order valence-electron chi connectivity index (χ2n) is 9.54. The van der Waals surface area contributed by atoms with E-state index in [1.54, 1.807) is 4.90 Å². The molecule has 2 N–H and O–H groups in total. The molecule has 0 atom stereocenters. The lowest BCUT2D eigenvalue weighted by Gasteiger charge is -2.32. The molecular formula is C20H37N3O5S. The van der Waals surface area contributed by atoms with Crippen LogP contribution < -0.4 is 10.0 Å². The summed E-state index contributed by atoms with van der Waals surface area (Å²) in [5.74, 6) is 0.0640. The molecule has 1 aliphatic heterocycles. The van der Waals surface area contributed by atoms with Crippen LogP contribution in [0.5, 0.6) is 0 Å². The maximum absolute atomic E-state index is 12.5. The number of likely N-dealkylation sites (tertiary alicyclic amines) is 1. The fraction of sp³-hybridized carbons (Fsp3) is 0.900. The number of amides is 2. The van der Waals surface area contributed by atoms with Crippen molar-refractivity contribution in [3.63, 3.8) is 0 Å². The Labute approximate surface area is 175 Å². The van der Waals surface area contributed by atoms with Gasteiger partial charge in [-0.1, -0.05) is 6.92 Å². The first kappa shape index (κ1) is 23.9. The van der Waals surface area contributed by atoms with Gasteiger partial charge in [-0.3, -0.25) is 4.79 Å². The van der Waals surface area contributed by atoms with Crippen LogP contribution in [0.2, 0.25) is 0 Å². The summed E-state index contributed by atoms with van der Waals surface area (Å²) in [5.41, 5.74) is -0.532. The molecule has 2 amide bonds. The van der Waals surface area contributed by atoms with E-state index in [1.165, 1.54) is 0 Å². The van der Waals surface area contributed by atoms with Crippen LogP contribution in [0.15, 0.2) is 0 Å². The Morgan fingerprint density at radius 1 is 1.03 bits per heavy atom. The SMILES string of the molecule is CC1CCC(NS(=O)(=O)CC(=O)N2CCC(CNC(=O)OC(C)(C)C)CC2)CC1. The van der Waals surface area contributed by atoms with Crippen LogP contribution in [0.25, 0.3) is 0 Å². The summed E-state index contributed by atoms with van der Waals surface area (Å²) < 4.78 is 32.7. The lowest BCUT2D eigenvalue weighted by Crippen LogP contribution is -2.47. The van der Waals surface area contributed by atoms with Crippen molar-refractivity contribution in [2.24, 2.45) is 11.8 Å². The molecule has 8 nitrogen and oxygen atoms in total. The lowest BCUT2D eigenvalue weighted by molar-refractivity contribution is -0.129. The van der Waals surface area contributed by atoms with Crippen molar-refractivity contribution in [3.8, 4) is 0 Å². The van der Waals surface area contributed by atoms with E-state index in [0.29, 0.717) is 25.6 Å². The molecule has 2 fully saturated rings. The van der Waals surface area contributed by atoms with Crippen LogP contribution in [0.3, 0.4) is 0 Å². The van der Waals surface area contributed by atoms with E-state index in [2.05, 4.69) is 17.0 Å². The zero-order valence-electron chi connectivity index (χ0n) is 18.2. The van der Waals surface area contributed by atoms with Crippen molar-refractivity contribution in [1.82, 2.24) is 14.9 Å². The number of carbonyl (C=O) groups is 2. The Bertz CT molecular complexity index is 658. The molecule has 0 aromatic heterocycles. The molecule has 1 aliphatic carbocycles. The Morgan fingerprint density at radius 3 is 2.17 bits per heavy atom. The first-order valence-corrected chi connectivity index (χ1v) is 12.3. The molecule has 2 aliphatic rings. The summed E-state index contributed by atoms with van der Waals surface area (Å²) in [6.07, 6.45) is 4.74. The number of nitrogens with one attached hydrogen (secondary N) is 2. The van der Waals surface area contributed by atoms with E-state index in [4.69, 9.17) is 4.74 Å². The van der Waals surface area contributed by atoms with E-state index in [-0.39, 0.29) is 17.9 Å². The summed E-state index contributed by atoms with van der Waals surface area (Å²) in [6.45, 7) is 9.14. The van der Waals surface area contributed by atoms with Crippen molar-refractivity contribution in [2.45, 2.75) is 77.9 Å². The second-order valence-corrected chi connectivity index (χ2v) is 11.3. The summed E-state index contributed by atoms with van der Waals surface area (Å²) in [7, 11) is -3.61. The van der Waals surface area contributed by atoms with E-state index >= 15 is 0 Å². The van der Waals surface area contributed by atoms with Gasteiger partial charge in [-0.25, -0.2) is 17.9 Å². The highest BCUT2D eigenvalue weighted by Gasteiger charge is 2.29. The maximum Gasteiger partial charge on any atom is 0.407 e. The van der Waals surface area contributed by atoms with E-state index in [9.17, 15) is 18.0 Å². The van der Waals surface area contributed by atoms with Gasteiger partial charge in [-0.15, -0.1) is 0 Å². The van der Waals surface area contributed by atoms with Gasteiger partial charge in [0.05, 0.1) is 0 Å². The number of nitrogens with zero attached hydrogens (tertiary/aromatic N) is 1. The monoisotopic (exact) mass is 431 g/mol. The van der Waals surface area contributed by atoms with Gasteiger partial charge >= 0.3 is 6.09 Å². The van der Waals surface area contributed by atoms with E-state index in [0.717, 1.165) is 38.5 Å². The van der Waals surface area contributed by atoms with Gasteiger partial charge in [0, 0.05) is 25.7 Å². The summed E-state index contributed by atoms with van der Waals surface area (Å²) in [5, 5.41) is 2.77. The zero-order chi connectivity index (χ0) is 21.7. The Balaban J connectivity index is 1.70. The van der Waals surface area contributed by atoms with Crippen molar-refractivity contribution < 1.29 is 22.7 Å². The summed E-state index contributed by atoms with van der Waals surface area (Å²) in [6, 6.07) is -0.0475. The number of alkyl carbamates (subject to hydrolysis) is 1. The average molecular weight is 432 g/mol. The first-order chi connectivity index (χ1) is 13.4. The van der Waals surface area contributed by atoms with Crippen molar-refractivity contribution in [3.05, 3.63) is 0 Å². The third-order valence-corrected chi connectivity index (χ3v) is 6.90. The number of rotatable bonds is 6. The standard InChI is InChI=1S/C20H37N3O5S/c1-15-5-7-17(8-6-15)22-29(26,27)14-18(24)23-11-9-16(10-12-23)13-21-19(25)28-20(2,3)4/h15-17,22H,5-14H2,1-4H3,(H,21,25). The average Bonchev–Trinajstić information content (AvgIpc) is 2.60. The van der Waals surface area contributed by atoms with Crippen molar-refractivity contribution in [2.75, 3.05) is 25.4 Å². The van der Waals surface area contributed by atoms with Crippen molar-refractivity contribution >= 4 is 22.0 Å². The molecule has 0 bridgehead atoms. The van der Waals surface area contributed by atoms with Gasteiger partial charge in [-0.05, 0) is 71.1 Å². The molecule has 0 aromatic rings. The van der Waals surface area contributed by atoms with Crippen LogP contribution in [-0.4, -0.2) is 62.3 Å². The predicted molar refractivity (Wildman–Crippen MR) is 112 cm³/mol. The molecule has 1 saturated carbocycles. The smallest absolute Gasteiger partial charge is 0.407 e. The molecule has 2 rings (SSSR count). The summed E-state index contributed by atoms with van der Waals surface area (Å²) >= 11 is 0. The summed E-state index contributed by atoms with van der Waals surface area (Å²) in [4.78, 5) is 25.8. The Morgan fingerprint density at radius 2 is 1.62 bits per heavy atom. The normalized spacial score (nSPS) is 24.2. The highest BCUT2D eigenvalue weighted by atomic mass is 32.2. The number of hydrogen-bond acceptors (Lipinski definition) is 5. The molecule has 0 spiro atoms. The third kappa shape index (κ3) is 8.90. The van der Waals surface area contributed by atoms with Crippen LogP contribution in [0, 0.1) is 11.8 Å². The lowest BCUT2D eigenvalue weighted by atomic mass is 9.88. The quantitative estimate of drug-likeness (QED) is 0.671. The zero-order valence-corrected chi connectivity index (χ0v) is 19.0. The van der Waals surface area contributed by atoms with Crippen LogP contribution in [0.1, 0.15) is 66.2 Å². The molecule has 0 radical (unpaired) electrons. The van der Waals surface area contributed by atoms with E-state index < -0.39 is 27.5 Å². The minimum absolute atomic E-state index is 0.0475. The van der Waals surface area contributed by atoms with Gasteiger partial charge < -0.3 is 15.0 Å². The molecule has 29 heavy (non-hydrogen) atoms. The third-order valence-electron chi connectivity index (χ3n) is 5.58. The van der Waals surface area contributed by atoms with Crippen LogP contribution in [-0.2, 0) is 19.6 Å². The molecular weight excluding hydrogens is 394 g/mol. The number of piperidine rings is 1. The first-order valence-electron chi connectivity index (χ1n) is 10.7. The molecule has 9 heteroatoms. The Kier molecular flexibility index (Phi) is 8.34. The highest BCUT2D eigenvalue weighted by molar-refractivity contribution is 7.90.